The maximum atomic E-state index is 11.0. The average molecular weight is 307 g/mol. The van der Waals surface area contributed by atoms with Gasteiger partial charge in [0.05, 0.1) is 12.8 Å². The molecule has 0 radical (unpaired) electrons. The van der Waals surface area contributed by atoms with Crippen molar-refractivity contribution in [2.75, 3.05) is 7.11 Å². The van der Waals surface area contributed by atoms with Gasteiger partial charge in [-0.15, -0.1) is 0 Å². The van der Waals surface area contributed by atoms with Crippen molar-refractivity contribution in [3.05, 3.63) is 34.5 Å². The van der Waals surface area contributed by atoms with Crippen LogP contribution in [0.1, 0.15) is 34.8 Å². The van der Waals surface area contributed by atoms with Crippen molar-refractivity contribution in [1.29, 1.82) is 0 Å². The first-order valence-electron chi connectivity index (χ1n) is 6.66. The average Bonchev–Trinajstić information content (AvgIpc) is 3.19. The van der Waals surface area contributed by atoms with Gasteiger partial charge in [-0.05, 0) is 37.0 Å². The number of aromatic nitrogens is 2. The molecule has 0 spiro atoms. The van der Waals surface area contributed by atoms with Gasteiger partial charge in [-0.2, -0.15) is 5.10 Å². The molecule has 0 amide bonds. The van der Waals surface area contributed by atoms with Gasteiger partial charge >= 0.3 is 5.97 Å². The molecule has 1 N–H and O–H groups in total. The van der Waals surface area contributed by atoms with E-state index >= 15 is 0 Å². The molecule has 0 aliphatic heterocycles. The molecule has 110 valence electrons. The number of nitrogens with zero attached hydrogens (tertiary/aromatic N) is 2. The summed E-state index contributed by atoms with van der Waals surface area (Å²) >= 11 is 6.39. The summed E-state index contributed by atoms with van der Waals surface area (Å²) < 4.78 is 6.99. The van der Waals surface area contributed by atoms with E-state index in [2.05, 4.69) is 5.10 Å². The predicted octanol–water partition coefficient (Wildman–Crippen LogP) is 3.32. The predicted molar refractivity (Wildman–Crippen MR) is 79.1 cm³/mol. The van der Waals surface area contributed by atoms with Crippen LogP contribution in [0.3, 0.4) is 0 Å². The Kier molecular flexibility index (Phi) is 3.37. The van der Waals surface area contributed by atoms with E-state index in [1.807, 2.05) is 12.1 Å². The van der Waals surface area contributed by atoms with Crippen molar-refractivity contribution >= 4 is 17.6 Å². The van der Waals surface area contributed by atoms with Crippen LogP contribution < -0.4 is 4.74 Å². The van der Waals surface area contributed by atoms with Crippen LogP contribution in [0, 0.1) is 0 Å². The molecule has 6 heteroatoms. The summed E-state index contributed by atoms with van der Waals surface area (Å²) in [5, 5.41) is 13.7. The smallest absolute Gasteiger partial charge is 0.356 e. The van der Waals surface area contributed by atoms with Gasteiger partial charge in [-0.1, -0.05) is 11.6 Å². The summed E-state index contributed by atoms with van der Waals surface area (Å²) in [7, 11) is 3.32. The van der Waals surface area contributed by atoms with Crippen LogP contribution >= 0.6 is 11.6 Å². The van der Waals surface area contributed by atoms with Crippen molar-refractivity contribution in [1.82, 2.24) is 9.78 Å². The second kappa shape index (κ2) is 5.07. The normalized spacial score (nSPS) is 14.2. The van der Waals surface area contributed by atoms with E-state index in [0.29, 0.717) is 16.6 Å². The second-order valence-electron chi connectivity index (χ2n) is 5.19. The number of rotatable bonds is 4. The van der Waals surface area contributed by atoms with Crippen LogP contribution in [0.2, 0.25) is 5.02 Å². The highest BCUT2D eigenvalue weighted by molar-refractivity contribution is 6.32. The summed E-state index contributed by atoms with van der Waals surface area (Å²) in [5.41, 5.74) is 2.54. The van der Waals surface area contributed by atoms with Crippen molar-refractivity contribution in [2.24, 2.45) is 7.05 Å². The third-order valence-electron chi connectivity index (χ3n) is 3.69. The van der Waals surface area contributed by atoms with Gasteiger partial charge in [0.25, 0.3) is 0 Å². The lowest BCUT2D eigenvalue weighted by molar-refractivity contribution is 0.0689. The molecular weight excluding hydrogens is 292 g/mol. The molecule has 0 atom stereocenters. The van der Waals surface area contributed by atoms with Crippen LogP contribution in [0.15, 0.2) is 18.2 Å². The lowest BCUT2D eigenvalue weighted by Gasteiger charge is -2.12. The molecule has 1 aliphatic carbocycles. The van der Waals surface area contributed by atoms with E-state index in [1.165, 1.54) is 10.7 Å². The minimum absolute atomic E-state index is 0.00820. The lowest BCUT2D eigenvalue weighted by Crippen LogP contribution is -1.99. The number of benzene rings is 1. The molecule has 1 heterocycles. The molecule has 21 heavy (non-hydrogen) atoms. The van der Waals surface area contributed by atoms with Gasteiger partial charge in [0.15, 0.2) is 5.69 Å². The van der Waals surface area contributed by atoms with Crippen molar-refractivity contribution in [3.63, 3.8) is 0 Å². The maximum Gasteiger partial charge on any atom is 0.356 e. The fourth-order valence-electron chi connectivity index (χ4n) is 2.52. The number of methoxy groups -OCH3 is 1. The van der Waals surface area contributed by atoms with Crippen molar-refractivity contribution < 1.29 is 14.6 Å². The zero-order valence-electron chi connectivity index (χ0n) is 11.8. The quantitative estimate of drug-likeness (QED) is 0.941. The number of carboxylic acid groups (broad SMARTS) is 1. The molecule has 1 aliphatic rings. The number of carboxylic acids is 1. The number of carbonyl (C=O) groups is 1. The first-order chi connectivity index (χ1) is 10.0. The highest BCUT2D eigenvalue weighted by Crippen LogP contribution is 2.48. The Hall–Kier alpha value is -2.01. The fraction of sp³-hybridized carbons (Fsp3) is 0.333. The zero-order valence-corrected chi connectivity index (χ0v) is 12.5. The Morgan fingerprint density at radius 2 is 2.14 bits per heavy atom. The zero-order chi connectivity index (χ0) is 15.1. The number of aromatic carboxylic acids is 1. The Morgan fingerprint density at radius 3 is 2.67 bits per heavy atom. The Labute approximate surface area is 127 Å². The summed E-state index contributed by atoms with van der Waals surface area (Å²) in [6.45, 7) is 0. The summed E-state index contributed by atoms with van der Waals surface area (Å²) in [5.74, 6) is 0.171. The fourth-order valence-corrected chi connectivity index (χ4v) is 2.88. The molecule has 1 aromatic carbocycles. The molecule has 1 fully saturated rings. The minimum atomic E-state index is -1.05. The van der Waals surface area contributed by atoms with Crippen molar-refractivity contribution in [2.45, 2.75) is 18.8 Å². The van der Waals surface area contributed by atoms with Gasteiger partial charge in [-0.25, -0.2) is 4.79 Å². The summed E-state index contributed by atoms with van der Waals surface area (Å²) in [6, 6.07) is 5.27. The highest BCUT2D eigenvalue weighted by Gasteiger charge is 2.30. The third kappa shape index (κ3) is 2.49. The van der Waals surface area contributed by atoms with E-state index in [0.717, 1.165) is 29.7 Å². The molecule has 0 unspecified atom stereocenters. The van der Waals surface area contributed by atoms with Gasteiger partial charge in [-0.3, -0.25) is 4.68 Å². The van der Waals surface area contributed by atoms with E-state index in [4.69, 9.17) is 21.4 Å². The maximum absolute atomic E-state index is 11.0. The van der Waals surface area contributed by atoms with Gasteiger partial charge in [0.1, 0.15) is 5.75 Å². The second-order valence-corrected chi connectivity index (χ2v) is 5.60. The number of aryl methyl sites for hydroxylation is 1. The molecule has 0 bridgehead atoms. The van der Waals surface area contributed by atoms with E-state index in [1.54, 1.807) is 14.2 Å². The summed E-state index contributed by atoms with van der Waals surface area (Å²) in [6.07, 6.45) is 2.26. The number of hydrogen-bond acceptors (Lipinski definition) is 3. The van der Waals surface area contributed by atoms with Crippen LogP contribution in [0.5, 0.6) is 5.75 Å². The Balaban J connectivity index is 2.10. The molecule has 0 saturated heterocycles. The van der Waals surface area contributed by atoms with Crippen molar-refractivity contribution in [3.8, 4) is 17.0 Å². The largest absolute Gasteiger partial charge is 0.496 e. The van der Waals surface area contributed by atoms with Gasteiger partial charge < -0.3 is 9.84 Å². The van der Waals surface area contributed by atoms with E-state index in [9.17, 15) is 4.79 Å². The number of hydrogen-bond donors (Lipinski definition) is 1. The lowest BCUT2D eigenvalue weighted by atomic mass is 10.0. The van der Waals surface area contributed by atoms with Gasteiger partial charge in [0.2, 0.25) is 0 Å². The van der Waals surface area contributed by atoms with Crippen LogP contribution in [-0.2, 0) is 7.05 Å². The molecule has 3 rings (SSSR count). The standard InChI is InChI=1S/C15H15ClN2O3/c1-18-12(7-11(17-18)15(19)20)9-5-10(16)14(8-3-4-8)13(6-9)21-2/h5-8H,3-4H2,1-2H3,(H,19,20). The summed E-state index contributed by atoms with van der Waals surface area (Å²) in [4.78, 5) is 11.0. The van der Waals surface area contributed by atoms with E-state index < -0.39 is 5.97 Å². The van der Waals surface area contributed by atoms with E-state index in [-0.39, 0.29) is 5.69 Å². The topological polar surface area (TPSA) is 64.3 Å². The first kappa shape index (κ1) is 13.9. The number of ether oxygens (including phenoxy) is 1. The third-order valence-corrected chi connectivity index (χ3v) is 4.00. The van der Waals surface area contributed by atoms with Crippen LogP contribution in [-0.4, -0.2) is 28.0 Å². The monoisotopic (exact) mass is 306 g/mol. The van der Waals surface area contributed by atoms with Gasteiger partial charge in [0, 0.05) is 23.2 Å². The molecule has 1 saturated carbocycles. The Bertz CT molecular complexity index is 720. The molecule has 1 aromatic heterocycles. The molecule has 5 nitrogen and oxygen atoms in total. The first-order valence-corrected chi connectivity index (χ1v) is 7.04. The van der Waals surface area contributed by atoms with Crippen LogP contribution in [0.25, 0.3) is 11.3 Å². The minimum Gasteiger partial charge on any atom is -0.496 e. The number of halogens is 1. The molecular formula is C15H15ClN2O3. The van der Waals surface area contributed by atoms with Crippen LogP contribution in [0.4, 0.5) is 0 Å². The molecule has 2 aromatic rings. The highest BCUT2D eigenvalue weighted by atomic mass is 35.5. The Morgan fingerprint density at radius 1 is 1.43 bits per heavy atom. The SMILES string of the molecule is COc1cc(-c2cc(C(=O)O)nn2C)cc(Cl)c1C1CC1.